The minimum absolute atomic E-state index is 0.0693. The molecule has 0 aliphatic heterocycles. The van der Waals surface area contributed by atoms with E-state index in [2.05, 4.69) is 5.32 Å². The summed E-state index contributed by atoms with van der Waals surface area (Å²) in [5.74, 6) is -12.0. The van der Waals surface area contributed by atoms with Crippen molar-refractivity contribution in [3.63, 3.8) is 0 Å². The van der Waals surface area contributed by atoms with Crippen LogP contribution in [0.25, 0.3) is 0 Å². The number of nitrogens with two attached hydrogens (primary N) is 1. The molecule has 2 unspecified atom stereocenters. The summed E-state index contributed by atoms with van der Waals surface area (Å²) in [6.07, 6.45) is -0.902. The van der Waals surface area contributed by atoms with Crippen molar-refractivity contribution in [2.45, 2.75) is 31.0 Å². The Morgan fingerprint density at radius 3 is 2.31 bits per heavy atom. The highest BCUT2D eigenvalue weighted by Gasteiger charge is 2.69. The quantitative estimate of drug-likeness (QED) is 0.324. The van der Waals surface area contributed by atoms with Crippen LogP contribution >= 0.6 is 0 Å². The average Bonchev–Trinajstić information content (AvgIpc) is 2.95. The van der Waals surface area contributed by atoms with Crippen LogP contribution in [-0.2, 0) is 32.1 Å². The fourth-order valence-electron chi connectivity index (χ4n) is 7.05. The number of aromatic hydroxyl groups is 1. The zero-order chi connectivity index (χ0) is 33.1. The monoisotopic (exact) mass is 624 g/mol. The van der Waals surface area contributed by atoms with Crippen LogP contribution in [0, 0.1) is 29.5 Å². The molecule has 13 nitrogen and oxygen atoms in total. The zero-order valence-electron chi connectivity index (χ0n) is 25.0. The summed E-state index contributed by atoms with van der Waals surface area (Å²) in [6, 6.07) is 5.11. The lowest BCUT2D eigenvalue weighted by atomic mass is 9.52. The number of hydrogen-bond donors (Lipinski definition) is 4. The number of primary amides is 1. The molecule has 2 saturated carbocycles. The van der Waals surface area contributed by atoms with Gasteiger partial charge in [-0.15, -0.1) is 0 Å². The molecule has 2 aromatic rings. The maximum Gasteiger partial charge on any atom is 0.412 e. The summed E-state index contributed by atoms with van der Waals surface area (Å²) in [7, 11) is 6.45. The summed E-state index contributed by atoms with van der Waals surface area (Å²) >= 11 is 0. The second kappa shape index (κ2) is 11.3. The number of anilines is 1. The third-order valence-corrected chi connectivity index (χ3v) is 9.05. The molecule has 2 fully saturated rings. The van der Waals surface area contributed by atoms with Crippen LogP contribution in [0.4, 0.5) is 14.9 Å². The van der Waals surface area contributed by atoms with E-state index in [1.54, 1.807) is 25.1 Å². The van der Waals surface area contributed by atoms with Gasteiger partial charge >= 0.3 is 6.09 Å². The molecule has 2 aromatic carbocycles. The summed E-state index contributed by atoms with van der Waals surface area (Å²) in [6.45, 7) is -0.299. The molecule has 0 spiro atoms. The minimum atomic E-state index is -2.83. The first-order valence-corrected chi connectivity index (χ1v) is 14.2. The van der Waals surface area contributed by atoms with Gasteiger partial charge in [0.05, 0.1) is 17.5 Å². The number of likely N-dealkylation sites (N-methyl/N-ethyl adjacent to an activating group) is 1. The summed E-state index contributed by atoms with van der Waals surface area (Å²) in [5, 5.41) is 25.5. The Morgan fingerprint density at radius 1 is 1.09 bits per heavy atom. The van der Waals surface area contributed by atoms with E-state index < -0.39 is 82.0 Å². The number of nitrogens with one attached hydrogen (secondary N) is 1. The van der Waals surface area contributed by atoms with Crippen molar-refractivity contribution in [3.05, 3.63) is 52.8 Å². The number of halogens is 1. The van der Waals surface area contributed by atoms with Gasteiger partial charge in [-0.1, -0.05) is 0 Å². The van der Waals surface area contributed by atoms with E-state index in [0.717, 1.165) is 12.1 Å². The van der Waals surface area contributed by atoms with Gasteiger partial charge in [0.15, 0.2) is 34.7 Å². The molecule has 2 amide bonds. The predicted molar refractivity (Wildman–Crippen MR) is 155 cm³/mol. The largest absolute Gasteiger partial charge is 0.507 e. The maximum atomic E-state index is 14.1. The van der Waals surface area contributed by atoms with Crippen molar-refractivity contribution in [2.24, 2.45) is 29.4 Å². The summed E-state index contributed by atoms with van der Waals surface area (Å²) < 4.78 is 18.3. The van der Waals surface area contributed by atoms with Crippen molar-refractivity contribution in [1.82, 2.24) is 10.2 Å². The number of carbonyl (C=O) groups is 6. The van der Waals surface area contributed by atoms with Crippen LogP contribution in [0.3, 0.4) is 0 Å². The first kappa shape index (κ1) is 31.7. The second-order valence-electron chi connectivity index (χ2n) is 12.1. The van der Waals surface area contributed by atoms with Gasteiger partial charge in [-0.3, -0.25) is 28.9 Å². The molecule has 14 heteroatoms. The van der Waals surface area contributed by atoms with E-state index in [-0.39, 0.29) is 36.3 Å². The summed E-state index contributed by atoms with van der Waals surface area (Å²) in [5.41, 5.74) is 3.38. The third kappa shape index (κ3) is 5.03. The van der Waals surface area contributed by atoms with Crippen LogP contribution < -0.4 is 20.7 Å². The molecule has 5 N–H and O–H groups in total. The Kier molecular flexibility index (Phi) is 8.00. The number of hydrogen-bond acceptors (Lipinski definition) is 11. The number of ether oxygens (including phenoxy) is 1. The Bertz CT molecular complexity index is 1640. The molecule has 0 radical (unpaired) electrons. The molecule has 3 aliphatic rings. The van der Waals surface area contributed by atoms with E-state index in [0.29, 0.717) is 11.3 Å². The number of ketones is 4. The van der Waals surface area contributed by atoms with Gasteiger partial charge < -0.3 is 30.9 Å². The average molecular weight is 625 g/mol. The van der Waals surface area contributed by atoms with Crippen LogP contribution in [0.15, 0.2) is 30.3 Å². The lowest BCUT2D eigenvalue weighted by molar-refractivity contribution is -0.181. The van der Waals surface area contributed by atoms with Crippen molar-refractivity contribution in [1.29, 1.82) is 0 Å². The number of benzene rings is 2. The molecular formula is C31H33FN4O9. The first-order chi connectivity index (χ1) is 21.1. The standard InChI is InChI=1S/C31H33FN4O9/c1-35(2)19-11-14(12-34-30(43)45-16-7-5-15(32)6-8-16)24(37)21-17(19)9-13-10-18-23(36(3)4)26(39)22(29(33)42)28(41)31(18,44)27(40)20(13)25(21)38/h5-8,11,13,18,20,22-23,37,44H,9-10,12H2,1-4H3,(H2,33,42)(H,34,43)/t13-,18-,20?,22?,23-,31-/m1/s1. The van der Waals surface area contributed by atoms with Crippen molar-refractivity contribution < 1.29 is 48.1 Å². The van der Waals surface area contributed by atoms with Gasteiger partial charge in [-0.05, 0) is 68.8 Å². The number of carbonyl (C=O) groups excluding carboxylic acids is 6. The van der Waals surface area contributed by atoms with E-state index in [1.807, 2.05) is 0 Å². The fourth-order valence-corrected chi connectivity index (χ4v) is 7.05. The molecule has 0 saturated heterocycles. The van der Waals surface area contributed by atoms with Crippen molar-refractivity contribution >= 4 is 40.8 Å². The molecule has 6 atom stereocenters. The lowest BCUT2D eigenvalue weighted by Crippen LogP contribution is -2.74. The molecule has 0 heterocycles. The second-order valence-corrected chi connectivity index (χ2v) is 12.1. The highest BCUT2D eigenvalue weighted by molar-refractivity contribution is 6.32. The van der Waals surface area contributed by atoms with Gasteiger partial charge in [0.25, 0.3) is 0 Å². The van der Waals surface area contributed by atoms with Crippen LogP contribution in [0.5, 0.6) is 11.5 Å². The zero-order valence-corrected chi connectivity index (χ0v) is 25.0. The minimum Gasteiger partial charge on any atom is -0.507 e. The van der Waals surface area contributed by atoms with Crippen LogP contribution in [0.2, 0.25) is 0 Å². The number of aliphatic hydroxyl groups is 1. The van der Waals surface area contributed by atoms with Gasteiger partial charge in [0, 0.05) is 37.8 Å². The molecule has 3 aliphatic carbocycles. The Labute approximate surface area is 257 Å². The molecular weight excluding hydrogens is 591 g/mol. The number of amides is 2. The number of phenolic OH excluding ortho intramolecular Hbond substituents is 1. The molecule has 0 bridgehead atoms. The fraction of sp³-hybridized carbons (Fsp3) is 0.419. The normalized spacial score (nSPS) is 27.4. The predicted octanol–water partition coefficient (Wildman–Crippen LogP) is 0.361. The molecule has 45 heavy (non-hydrogen) atoms. The molecule has 238 valence electrons. The van der Waals surface area contributed by atoms with Crippen molar-refractivity contribution in [2.75, 3.05) is 33.1 Å². The highest BCUT2D eigenvalue weighted by Crippen LogP contribution is 2.52. The van der Waals surface area contributed by atoms with Crippen molar-refractivity contribution in [3.8, 4) is 11.5 Å². The van der Waals surface area contributed by atoms with Gasteiger partial charge in [-0.25, -0.2) is 9.18 Å². The van der Waals surface area contributed by atoms with E-state index in [9.17, 15) is 43.4 Å². The summed E-state index contributed by atoms with van der Waals surface area (Å²) in [4.78, 5) is 82.5. The first-order valence-electron chi connectivity index (χ1n) is 14.2. The third-order valence-electron chi connectivity index (χ3n) is 9.05. The SMILES string of the molecule is CN(C)c1cc(CNC(=O)Oc2ccc(F)cc2)c(O)c2c1C[C@@H]1C[C@@H]3[C@@H](N(C)C)C(=O)C(C(N)=O)C(=O)[C@]3(O)C(=O)C1C2=O. The number of Topliss-reactive ketones (excluding diaryl/α,β-unsaturated/α-hetero) is 4. The van der Waals surface area contributed by atoms with E-state index >= 15 is 0 Å². The number of phenols is 1. The van der Waals surface area contributed by atoms with E-state index in [1.165, 1.54) is 31.1 Å². The Morgan fingerprint density at radius 2 is 1.73 bits per heavy atom. The van der Waals surface area contributed by atoms with Gasteiger partial charge in [0.1, 0.15) is 17.3 Å². The molecule has 0 aromatic heterocycles. The topological polar surface area (TPSA) is 197 Å². The van der Waals surface area contributed by atoms with E-state index in [4.69, 9.17) is 10.5 Å². The number of fused-ring (bicyclic) bond motifs is 3. The molecule has 5 rings (SSSR count). The lowest BCUT2D eigenvalue weighted by Gasteiger charge is -2.52. The number of rotatable bonds is 6. The smallest absolute Gasteiger partial charge is 0.412 e. The maximum absolute atomic E-state index is 14.1. The number of nitrogens with zero attached hydrogens (tertiary/aromatic N) is 2. The van der Waals surface area contributed by atoms with Crippen LogP contribution in [-0.4, -0.2) is 90.1 Å². The van der Waals surface area contributed by atoms with Gasteiger partial charge in [0.2, 0.25) is 5.91 Å². The van der Waals surface area contributed by atoms with Crippen LogP contribution in [0.1, 0.15) is 27.9 Å². The highest BCUT2D eigenvalue weighted by atomic mass is 19.1. The Balaban J connectivity index is 1.51. The Hall–Kier alpha value is -4.69. The van der Waals surface area contributed by atoms with Gasteiger partial charge in [-0.2, -0.15) is 0 Å².